The monoisotopic (exact) mass is 359 g/mol. The number of aromatic amines is 1. The molecule has 0 aliphatic rings. The van der Waals surface area contributed by atoms with Crippen LogP contribution in [0.2, 0.25) is 0 Å². The molecule has 1 atom stereocenters. The lowest BCUT2D eigenvalue weighted by Gasteiger charge is -2.32. The molecule has 0 bridgehead atoms. The molecule has 7 nitrogen and oxygen atoms in total. The Morgan fingerprint density at radius 2 is 1.92 bits per heavy atom. The van der Waals surface area contributed by atoms with Crippen molar-refractivity contribution in [3.63, 3.8) is 0 Å². The standard InChI is InChI=1S/C19H25N3O4/c1-19(2,3)26-18(24)22(12-14-8-6-5-7-9-14)16(17(23)25-4)10-15-11-20-13-21-15/h5-9,11,13,16H,10,12H2,1-4H3,(H,20,21)/t16-/m0/s1. The van der Waals surface area contributed by atoms with E-state index in [1.165, 1.54) is 18.3 Å². The Balaban J connectivity index is 2.33. The van der Waals surface area contributed by atoms with Gasteiger partial charge in [-0.25, -0.2) is 14.6 Å². The molecule has 2 aromatic rings. The maximum Gasteiger partial charge on any atom is 0.411 e. The number of rotatable bonds is 6. The summed E-state index contributed by atoms with van der Waals surface area (Å²) in [6.07, 6.45) is 2.82. The number of aromatic nitrogens is 2. The fourth-order valence-corrected chi connectivity index (χ4v) is 2.46. The van der Waals surface area contributed by atoms with Crippen LogP contribution in [0, 0.1) is 0 Å². The Hall–Kier alpha value is -2.83. The van der Waals surface area contributed by atoms with E-state index < -0.39 is 23.7 Å². The van der Waals surface area contributed by atoms with Gasteiger partial charge in [0.05, 0.1) is 13.4 Å². The average molecular weight is 359 g/mol. The number of methoxy groups -OCH3 is 1. The third-order valence-corrected chi connectivity index (χ3v) is 3.64. The predicted molar refractivity (Wildman–Crippen MR) is 96.3 cm³/mol. The van der Waals surface area contributed by atoms with Crippen molar-refractivity contribution in [2.45, 2.75) is 45.4 Å². The smallest absolute Gasteiger partial charge is 0.411 e. The van der Waals surface area contributed by atoms with Gasteiger partial charge in [0.15, 0.2) is 0 Å². The van der Waals surface area contributed by atoms with E-state index >= 15 is 0 Å². The molecule has 1 N–H and O–H groups in total. The zero-order valence-electron chi connectivity index (χ0n) is 15.6. The Bertz CT molecular complexity index is 708. The van der Waals surface area contributed by atoms with Gasteiger partial charge in [-0.05, 0) is 26.3 Å². The second kappa shape index (κ2) is 8.51. The SMILES string of the molecule is COC(=O)[C@H](Cc1cnc[nH]1)N(Cc1ccccc1)C(=O)OC(C)(C)C. The van der Waals surface area contributed by atoms with Crippen LogP contribution in [0.5, 0.6) is 0 Å². The molecule has 1 amide bonds. The highest BCUT2D eigenvalue weighted by atomic mass is 16.6. The second-order valence-corrected chi connectivity index (χ2v) is 6.91. The highest BCUT2D eigenvalue weighted by Crippen LogP contribution is 2.18. The third kappa shape index (κ3) is 5.61. The molecular formula is C19H25N3O4. The molecule has 0 fully saturated rings. The van der Waals surface area contributed by atoms with E-state index in [9.17, 15) is 9.59 Å². The molecular weight excluding hydrogens is 334 g/mol. The number of benzene rings is 1. The first-order valence-electron chi connectivity index (χ1n) is 8.39. The molecule has 2 rings (SSSR count). The maximum atomic E-state index is 12.8. The molecule has 0 aliphatic heterocycles. The quantitative estimate of drug-likeness (QED) is 0.802. The van der Waals surface area contributed by atoms with Crippen molar-refractivity contribution in [2.24, 2.45) is 0 Å². The van der Waals surface area contributed by atoms with Gasteiger partial charge in [-0.3, -0.25) is 4.90 Å². The van der Waals surface area contributed by atoms with Crippen LogP contribution >= 0.6 is 0 Å². The highest BCUT2D eigenvalue weighted by Gasteiger charge is 2.34. The molecule has 1 aromatic heterocycles. The number of hydrogen-bond donors (Lipinski definition) is 1. The molecule has 0 spiro atoms. The van der Waals surface area contributed by atoms with E-state index in [1.54, 1.807) is 27.0 Å². The third-order valence-electron chi connectivity index (χ3n) is 3.64. The summed E-state index contributed by atoms with van der Waals surface area (Å²) >= 11 is 0. The van der Waals surface area contributed by atoms with E-state index in [0.29, 0.717) is 0 Å². The van der Waals surface area contributed by atoms with Gasteiger partial charge < -0.3 is 14.5 Å². The second-order valence-electron chi connectivity index (χ2n) is 6.91. The fraction of sp³-hybridized carbons (Fsp3) is 0.421. The topological polar surface area (TPSA) is 84.5 Å². The van der Waals surface area contributed by atoms with Crippen molar-refractivity contribution in [1.82, 2.24) is 14.9 Å². The predicted octanol–water partition coefficient (Wildman–Crippen LogP) is 2.93. The van der Waals surface area contributed by atoms with Crippen LogP contribution < -0.4 is 0 Å². The van der Waals surface area contributed by atoms with E-state index in [0.717, 1.165) is 11.3 Å². The van der Waals surface area contributed by atoms with E-state index in [2.05, 4.69) is 9.97 Å². The summed E-state index contributed by atoms with van der Waals surface area (Å²) in [4.78, 5) is 33.6. The lowest BCUT2D eigenvalue weighted by Crippen LogP contribution is -2.48. The molecule has 1 aromatic carbocycles. The van der Waals surface area contributed by atoms with Crippen molar-refractivity contribution in [1.29, 1.82) is 0 Å². The van der Waals surface area contributed by atoms with Crippen molar-refractivity contribution < 1.29 is 19.1 Å². The first-order chi connectivity index (χ1) is 12.3. The van der Waals surface area contributed by atoms with Crippen molar-refractivity contribution in [3.8, 4) is 0 Å². The minimum absolute atomic E-state index is 0.226. The van der Waals surface area contributed by atoms with E-state index in [1.807, 2.05) is 30.3 Å². The number of hydrogen-bond acceptors (Lipinski definition) is 5. The molecule has 0 radical (unpaired) electrons. The number of imidazole rings is 1. The van der Waals surface area contributed by atoms with Crippen LogP contribution in [0.25, 0.3) is 0 Å². The minimum Gasteiger partial charge on any atom is -0.467 e. The van der Waals surface area contributed by atoms with Crippen molar-refractivity contribution >= 4 is 12.1 Å². The van der Waals surface area contributed by atoms with Crippen LogP contribution in [-0.2, 0) is 27.2 Å². The summed E-state index contributed by atoms with van der Waals surface area (Å²) in [7, 11) is 1.30. The molecule has 0 aliphatic carbocycles. The molecule has 140 valence electrons. The van der Waals surface area contributed by atoms with Crippen LogP contribution in [-0.4, -0.2) is 45.7 Å². The molecule has 0 saturated heterocycles. The average Bonchev–Trinajstić information content (AvgIpc) is 3.10. The number of ether oxygens (including phenoxy) is 2. The number of amides is 1. The van der Waals surface area contributed by atoms with Gasteiger partial charge in [0.2, 0.25) is 0 Å². The van der Waals surface area contributed by atoms with Crippen molar-refractivity contribution in [3.05, 3.63) is 54.1 Å². The normalized spacial score (nSPS) is 12.3. The molecule has 7 heteroatoms. The summed E-state index contributed by atoms with van der Waals surface area (Å²) in [6, 6.07) is 8.60. The Labute approximate surface area is 153 Å². The van der Waals surface area contributed by atoms with Crippen LogP contribution in [0.4, 0.5) is 4.79 Å². The first-order valence-corrected chi connectivity index (χ1v) is 8.39. The number of nitrogens with zero attached hydrogens (tertiary/aromatic N) is 2. The Morgan fingerprint density at radius 1 is 1.23 bits per heavy atom. The van der Waals surface area contributed by atoms with E-state index in [-0.39, 0.29) is 13.0 Å². The summed E-state index contributed by atoms with van der Waals surface area (Å²) in [6.45, 7) is 5.58. The van der Waals surface area contributed by atoms with E-state index in [4.69, 9.17) is 9.47 Å². The van der Waals surface area contributed by atoms with Gasteiger partial charge in [0.1, 0.15) is 11.6 Å². The van der Waals surface area contributed by atoms with Gasteiger partial charge in [0, 0.05) is 24.9 Å². The molecule has 26 heavy (non-hydrogen) atoms. The first kappa shape index (κ1) is 19.5. The van der Waals surface area contributed by atoms with Crippen LogP contribution in [0.1, 0.15) is 32.0 Å². The molecule has 0 saturated carbocycles. The van der Waals surface area contributed by atoms with Crippen LogP contribution in [0.3, 0.4) is 0 Å². The fourth-order valence-electron chi connectivity index (χ4n) is 2.46. The summed E-state index contributed by atoms with van der Waals surface area (Å²) in [5.74, 6) is -0.513. The number of carbonyl (C=O) groups excluding carboxylic acids is 2. The number of carbonyl (C=O) groups is 2. The van der Waals surface area contributed by atoms with Gasteiger partial charge >= 0.3 is 12.1 Å². The van der Waals surface area contributed by atoms with Gasteiger partial charge in [0.25, 0.3) is 0 Å². The number of H-pyrrole nitrogens is 1. The number of esters is 1. The molecule has 0 unspecified atom stereocenters. The zero-order valence-corrected chi connectivity index (χ0v) is 15.6. The Kier molecular flexibility index (Phi) is 6.38. The van der Waals surface area contributed by atoms with Gasteiger partial charge in [-0.15, -0.1) is 0 Å². The summed E-state index contributed by atoms with van der Waals surface area (Å²) < 4.78 is 10.5. The zero-order chi connectivity index (χ0) is 19.2. The lowest BCUT2D eigenvalue weighted by molar-refractivity contribution is -0.147. The highest BCUT2D eigenvalue weighted by molar-refractivity contribution is 5.81. The van der Waals surface area contributed by atoms with Gasteiger partial charge in [-0.2, -0.15) is 0 Å². The summed E-state index contributed by atoms with van der Waals surface area (Å²) in [5, 5.41) is 0. The largest absolute Gasteiger partial charge is 0.467 e. The maximum absolute atomic E-state index is 12.8. The molecule has 1 heterocycles. The van der Waals surface area contributed by atoms with Crippen LogP contribution in [0.15, 0.2) is 42.9 Å². The van der Waals surface area contributed by atoms with Gasteiger partial charge in [-0.1, -0.05) is 30.3 Å². The lowest BCUT2D eigenvalue weighted by atomic mass is 10.1. The summed E-state index contributed by atoms with van der Waals surface area (Å²) in [5.41, 5.74) is 0.930. The number of nitrogens with one attached hydrogen (secondary N) is 1. The minimum atomic E-state index is -0.837. The Morgan fingerprint density at radius 3 is 2.46 bits per heavy atom. The van der Waals surface area contributed by atoms with Crippen molar-refractivity contribution in [2.75, 3.05) is 7.11 Å².